The first-order valence-corrected chi connectivity index (χ1v) is 9.90. The van der Waals surface area contributed by atoms with Gasteiger partial charge in [-0.1, -0.05) is 6.07 Å². The van der Waals surface area contributed by atoms with Crippen molar-refractivity contribution in [3.8, 4) is 5.75 Å². The van der Waals surface area contributed by atoms with Crippen LogP contribution in [0.3, 0.4) is 0 Å². The number of fused-ring (bicyclic) bond motifs is 1. The lowest BCUT2D eigenvalue weighted by atomic mass is 10.2. The first kappa shape index (κ1) is 20.1. The van der Waals surface area contributed by atoms with Gasteiger partial charge in [0.05, 0.1) is 18.9 Å². The number of benzene rings is 1. The van der Waals surface area contributed by atoms with E-state index in [4.69, 9.17) is 9.15 Å². The molecule has 1 aliphatic rings. The topological polar surface area (TPSA) is 85.4 Å². The molecule has 0 saturated heterocycles. The van der Waals surface area contributed by atoms with Crippen molar-refractivity contribution < 1.29 is 18.3 Å². The number of hydrogen-bond acceptors (Lipinski definition) is 6. The summed E-state index contributed by atoms with van der Waals surface area (Å²) in [6, 6.07) is 6.60. The SMILES string of the molecule is COc1cc(CN2CCc3nnc(CCNC(=O)c4ccoc4)n3CC2)ccc1F. The molecule has 0 saturated carbocycles. The van der Waals surface area contributed by atoms with Gasteiger partial charge in [-0.15, -0.1) is 10.2 Å². The van der Waals surface area contributed by atoms with Crippen LogP contribution >= 0.6 is 0 Å². The lowest BCUT2D eigenvalue weighted by Gasteiger charge is -2.20. The molecule has 1 aliphatic heterocycles. The molecule has 0 fully saturated rings. The maximum absolute atomic E-state index is 13.6. The smallest absolute Gasteiger partial charge is 0.254 e. The third-order valence-electron chi connectivity index (χ3n) is 5.23. The molecule has 158 valence electrons. The summed E-state index contributed by atoms with van der Waals surface area (Å²) in [5, 5.41) is 11.5. The predicted octanol–water partition coefficient (Wildman–Crippen LogP) is 2.05. The fraction of sp³-hybridized carbons (Fsp3) is 0.381. The van der Waals surface area contributed by atoms with Crippen LogP contribution in [0.5, 0.6) is 5.75 Å². The molecule has 0 bridgehead atoms. The number of nitrogens with one attached hydrogen (secondary N) is 1. The molecule has 0 radical (unpaired) electrons. The highest BCUT2D eigenvalue weighted by Crippen LogP contribution is 2.20. The van der Waals surface area contributed by atoms with E-state index in [-0.39, 0.29) is 17.5 Å². The van der Waals surface area contributed by atoms with E-state index in [0.29, 0.717) is 25.1 Å². The van der Waals surface area contributed by atoms with Crippen molar-refractivity contribution in [2.75, 3.05) is 26.7 Å². The molecule has 8 nitrogen and oxygen atoms in total. The van der Waals surface area contributed by atoms with Gasteiger partial charge < -0.3 is 19.0 Å². The van der Waals surface area contributed by atoms with E-state index < -0.39 is 0 Å². The van der Waals surface area contributed by atoms with Crippen LogP contribution in [0.2, 0.25) is 0 Å². The number of ether oxygens (including phenoxy) is 1. The summed E-state index contributed by atoms with van der Waals surface area (Å²) in [7, 11) is 1.47. The molecule has 0 unspecified atom stereocenters. The van der Waals surface area contributed by atoms with Crippen LogP contribution in [-0.2, 0) is 25.9 Å². The molecule has 0 aliphatic carbocycles. The number of hydrogen-bond donors (Lipinski definition) is 1. The molecule has 9 heteroatoms. The number of furan rings is 1. The van der Waals surface area contributed by atoms with Crippen LogP contribution < -0.4 is 10.1 Å². The Morgan fingerprint density at radius 1 is 1.27 bits per heavy atom. The van der Waals surface area contributed by atoms with Crippen LogP contribution in [-0.4, -0.2) is 52.3 Å². The molecular formula is C21H24FN5O3. The average molecular weight is 413 g/mol. The highest BCUT2D eigenvalue weighted by molar-refractivity contribution is 5.93. The Hall–Kier alpha value is -3.20. The fourth-order valence-corrected chi connectivity index (χ4v) is 3.61. The molecule has 3 heterocycles. The van der Waals surface area contributed by atoms with Crippen LogP contribution in [0.4, 0.5) is 4.39 Å². The Bertz CT molecular complexity index is 1000. The summed E-state index contributed by atoms with van der Waals surface area (Å²) in [5.41, 5.74) is 1.51. The lowest BCUT2D eigenvalue weighted by molar-refractivity contribution is 0.0953. The minimum absolute atomic E-state index is 0.166. The fourth-order valence-electron chi connectivity index (χ4n) is 3.61. The van der Waals surface area contributed by atoms with Gasteiger partial charge in [0.1, 0.15) is 17.9 Å². The number of carbonyl (C=O) groups excluding carboxylic acids is 1. The monoisotopic (exact) mass is 413 g/mol. The van der Waals surface area contributed by atoms with E-state index in [1.807, 2.05) is 0 Å². The normalized spacial score (nSPS) is 14.2. The van der Waals surface area contributed by atoms with Gasteiger partial charge in [-0.25, -0.2) is 4.39 Å². The minimum atomic E-state index is -0.354. The second-order valence-corrected chi connectivity index (χ2v) is 7.20. The number of rotatable bonds is 7. The van der Waals surface area contributed by atoms with E-state index in [1.54, 1.807) is 18.2 Å². The van der Waals surface area contributed by atoms with Crippen molar-refractivity contribution in [3.05, 3.63) is 65.4 Å². The van der Waals surface area contributed by atoms with Gasteiger partial charge in [-0.05, 0) is 23.8 Å². The number of carbonyl (C=O) groups is 1. The zero-order valence-electron chi connectivity index (χ0n) is 16.8. The molecule has 1 aromatic carbocycles. The van der Waals surface area contributed by atoms with Gasteiger partial charge in [0.2, 0.25) is 0 Å². The standard InChI is InChI=1S/C21H24FN5O3/c1-29-18-12-15(2-3-17(18)22)13-26-8-5-20-25-24-19(27(20)10-9-26)4-7-23-21(28)16-6-11-30-14-16/h2-3,6,11-12,14H,4-5,7-10,13H2,1H3,(H,23,28). The number of methoxy groups -OCH3 is 1. The summed E-state index contributed by atoms with van der Waals surface area (Å²) >= 11 is 0. The van der Waals surface area contributed by atoms with Crippen LogP contribution in [0.1, 0.15) is 27.6 Å². The average Bonchev–Trinajstić information content (AvgIpc) is 3.38. The predicted molar refractivity (Wildman–Crippen MR) is 107 cm³/mol. The van der Waals surface area contributed by atoms with Crippen molar-refractivity contribution in [1.29, 1.82) is 0 Å². The summed E-state index contributed by atoms with van der Waals surface area (Å²) in [6.45, 7) is 3.63. The Balaban J connectivity index is 1.33. The van der Waals surface area contributed by atoms with E-state index in [1.165, 1.54) is 25.7 Å². The van der Waals surface area contributed by atoms with Gasteiger partial charge >= 0.3 is 0 Å². The van der Waals surface area contributed by atoms with Gasteiger partial charge in [-0.2, -0.15) is 0 Å². The highest BCUT2D eigenvalue weighted by atomic mass is 19.1. The maximum atomic E-state index is 13.6. The highest BCUT2D eigenvalue weighted by Gasteiger charge is 2.19. The van der Waals surface area contributed by atoms with Gasteiger partial charge in [0.25, 0.3) is 5.91 Å². The summed E-state index contributed by atoms with van der Waals surface area (Å²) in [4.78, 5) is 14.3. The molecule has 3 aromatic rings. The van der Waals surface area contributed by atoms with Crippen molar-refractivity contribution in [1.82, 2.24) is 25.0 Å². The van der Waals surface area contributed by atoms with Gasteiger partial charge in [-0.3, -0.25) is 9.69 Å². The second kappa shape index (κ2) is 9.08. The largest absolute Gasteiger partial charge is 0.494 e. The van der Waals surface area contributed by atoms with Crippen molar-refractivity contribution in [2.45, 2.75) is 25.9 Å². The lowest BCUT2D eigenvalue weighted by Crippen LogP contribution is -2.28. The van der Waals surface area contributed by atoms with E-state index in [9.17, 15) is 9.18 Å². The summed E-state index contributed by atoms with van der Waals surface area (Å²) < 4.78 is 25.8. The molecular weight excluding hydrogens is 389 g/mol. The Morgan fingerprint density at radius 2 is 2.17 bits per heavy atom. The Kier molecular flexibility index (Phi) is 6.08. The van der Waals surface area contributed by atoms with Crippen molar-refractivity contribution in [3.63, 3.8) is 0 Å². The molecule has 2 aromatic heterocycles. The molecule has 0 atom stereocenters. The Morgan fingerprint density at radius 3 is 2.97 bits per heavy atom. The number of aromatic nitrogens is 3. The van der Waals surface area contributed by atoms with Crippen molar-refractivity contribution >= 4 is 5.91 Å². The third kappa shape index (κ3) is 4.51. The molecule has 30 heavy (non-hydrogen) atoms. The maximum Gasteiger partial charge on any atom is 0.254 e. The third-order valence-corrected chi connectivity index (χ3v) is 5.23. The van der Waals surface area contributed by atoms with Crippen molar-refractivity contribution in [2.24, 2.45) is 0 Å². The van der Waals surface area contributed by atoms with E-state index in [2.05, 4.69) is 25.0 Å². The first-order chi connectivity index (χ1) is 14.6. The second-order valence-electron chi connectivity index (χ2n) is 7.20. The number of halogens is 1. The van der Waals surface area contributed by atoms with E-state index >= 15 is 0 Å². The summed E-state index contributed by atoms with van der Waals surface area (Å²) in [5.74, 6) is 1.56. The first-order valence-electron chi connectivity index (χ1n) is 9.90. The molecule has 1 amide bonds. The summed E-state index contributed by atoms with van der Waals surface area (Å²) in [6.07, 6.45) is 4.28. The Labute approximate surface area is 173 Å². The zero-order valence-corrected chi connectivity index (χ0v) is 16.8. The van der Waals surface area contributed by atoms with Crippen LogP contribution in [0, 0.1) is 5.82 Å². The molecule has 4 rings (SSSR count). The van der Waals surface area contributed by atoms with Gasteiger partial charge in [0, 0.05) is 45.6 Å². The zero-order chi connectivity index (χ0) is 20.9. The van der Waals surface area contributed by atoms with E-state index in [0.717, 1.165) is 43.3 Å². The minimum Gasteiger partial charge on any atom is -0.494 e. The number of amides is 1. The van der Waals surface area contributed by atoms with Crippen LogP contribution in [0.25, 0.3) is 0 Å². The molecule has 1 N–H and O–H groups in total. The number of nitrogens with zero attached hydrogens (tertiary/aromatic N) is 4. The van der Waals surface area contributed by atoms with Gasteiger partial charge in [0.15, 0.2) is 11.6 Å². The quantitative estimate of drug-likeness (QED) is 0.638. The molecule has 0 spiro atoms. The van der Waals surface area contributed by atoms with Crippen LogP contribution in [0.15, 0.2) is 41.2 Å².